The van der Waals surface area contributed by atoms with Gasteiger partial charge in [-0.2, -0.15) is 0 Å². The van der Waals surface area contributed by atoms with Gasteiger partial charge >= 0.3 is 137 Å². The first-order valence-electron chi connectivity index (χ1n) is 8.79. The summed E-state index contributed by atoms with van der Waals surface area (Å²) in [5.74, 6) is 0. The maximum absolute atomic E-state index is 2.61. The van der Waals surface area contributed by atoms with E-state index in [2.05, 4.69) is 55.1 Å². The van der Waals surface area contributed by atoms with E-state index in [1.54, 1.807) is 21.3 Å². The third kappa shape index (κ3) is 2.25. The van der Waals surface area contributed by atoms with Gasteiger partial charge in [0, 0.05) is 0 Å². The van der Waals surface area contributed by atoms with Gasteiger partial charge in [0.05, 0.1) is 0 Å². The molecule has 2 aliphatic rings. The van der Waals surface area contributed by atoms with Crippen molar-refractivity contribution >= 4 is 17.7 Å². The van der Waals surface area contributed by atoms with Crippen LogP contribution in [-0.2, 0) is 13.5 Å². The second kappa shape index (κ2) is 5.52. The van der Waals surface area contributed by atoms with Gasteiger partial charge in [0.1, 0.15) is 0 Å². The standard InChI is InChI=1S/C20H26GeN/c1-16-14-19-17(9-12-21(19)10-5-3-6-11-21)15-18(16)20-8-4-7-13-22(20)2/h4,7-8,13-15H,3,5-6,9-12H2,1-2H3/q+1. The van der Waals surface area contributed by atoms with E-state index in [-0.39, 0.29) is 0 Å². The molecule has 0 N–H and O–H groups in total. The number of hydrogen-bond acceptors (Lipinski definition) is 0. The number of nitrogens with zero attached hydrogens (tertiary/aromatic N) is 1. The molecule has 1 aromatic heterocycles. The van der Waals surface area contributed by atoms with Crippen molar-refractivity contribution in [3.8, 4) is 11.3 Å². The van der Waals surface area contributed by atoms with E-state index in [4.69, 9.17) is 0 Å². The van der Waals surface area contributed by atoms with Crippen molar-refractivity contribution < 1.29 is 4.57 Å². The first-order valence-corrected chi connectivity index (χ1v) is 14.3. The van der Waals surface area contributed by atoms with E-state index in [9.17, 15) is 0 Å². The minimum absolute atomic E-state index is 1.35. The van der Waals surface area contributed by atoms with Crippen molar-refractivity contribution in [2.45, 2.75) is 48.4 Å². The summed E-state index contributed by atoms with van der Waals surface area (Å²) >= 11 is -1.69. The monoisotopic (exact) mass is 354 g/mol. The van der Waals surface area contributed by atoms with Crippen LogP contribution in [0.25, 0.3) is 11.3 Å². The van der Waals surface area contributed by atoms with Gasteiger partial charge in [-0.05, 0) is 0 Å². The fourth-order valence-electron chi connectivity index (χ4n) is 4.79. The van der Waals surface area contributed by atoms with Crippen LogP contribution in [0.2, 0.25) is 15.8 Å². The van der Waals surface area contributed by atoms with E-state index in [0.717, 1.165) is 0 Å². The number of aromatic nitrogens is 1. The fraction of sp³-hybridized carbons (Fsp3) is 0.450. The molecule has 0 radical (unpaired) electrons. The maximum atomic E-state index is 2.61. The molecule has 1 fully saturated rings. The van der Waals surface area contributed by atoms with Gasteiger partial charge in [0.15, 0.2) is 0 Å². The molecule has 0 bridgehead atoms. The van der Waals surface area contributed by atoms with Crippen LogP contribution in [0.3, 0.4) is 0 Å². The summed E-state index contributed by atoms with van der Waals surface area (Å²) < 4.78 is 4.13. The second-order valence-electron chi connectivity index (χ2n) is 7.36. The van der Waals surface area contributed by atoms with E-state index in [1.165, 1.54) is 42.5 Å². The molecule has 1 aromatic carbocycles. The van der Waals surface area contributed by atoms with Crippen molar-refractivity contribution in [3.05, 3.63) is 47.7 Å². The van der Waals surface area contributed by atoms with Crippen LogP contribution in [0.1, 0.15) is 30.4 Å². The predicted molar refractivity (Wildman–Crippen MR) is 95.2 cm³/mol. The first kappa shape index (κ1) is 14.5. The molecule has 0 aliphatic carbocycles. The van der Waals surface area contributed by atoms with Crippen molar-refractivity contribution in [2.24, 2.45) is 7.05 Å². The average Bonchev–Trinajstić information content (AvgIpc) is 2.86. The van der Waals surface area contributed by atoms with Crippen molar-refractivity contribution in [2.75, 3.05) is 0 Å². The predicted octanol–water partition coefficient (Wildman–Crippen LogP) is 3.88. The molecule has 0 atom stereocenters. The second-order valence-corrected chi connectivity index (χ2v) is 17.0. The topological polar surface area (TPSA) is 3.88 Å². The van der Waals surface area contributed by atoms with Gasteiger partial charge in [-0.15, -0.1) is 0 Å². The molecule has 2 heteroatoms. The summed E-state index contributed by atoms with van der Waals surface area (Å²) in [7, 11) is 2.16. The summed E-state index contributed by atoms with van der Waals surface area (Å²) in [6.07, 6.45) is 8.02. The molecule has 2 aromatic rings. The van der Waals surface area contributed by atoms with Crippen LogP contribution in [-0.4, -0.2) is 13.3 Å². The van der Waals surface area contributed by atoms with Crippen LogP contribution in [0.15, 0.2) is 36.5 Å². The molecule has 3 heterocycles. The first-order chi connectivity index (χ1) is 10.7. The zero-order valence-corrected chi connectivity index (χ0v) is 16.0. The van der Waals surface area contributed by atoms with Crippen LogP contribution in [0.5, 0.6) is 0 Å². The van der Waals surface area contributed by atoms with Gasteiger partial charge in [-0.1, -0.05) is 0 Å². The minimum atomic E-state index is -1.69. The summed E-state index contributed by atoms with van der Waals surface area (Å²) in [5, 5.41) is 4.77. The Balaban J connectivity index is 1.82. The van der Waals surface area contributed by atoms with E-state index in [1.807, 2.05) is 4.40 Å². The van der Waals surface area contributed by atoms with E-state index >= 15 is 0 Å². The van der Waals surface area contributed by atoms with Crippen LogP contribution < -0.4 is 8.96 Å². The molecule has 22 heavy (non-hydrogen) atoms. The Bertz CT molecular complexity index is 714. The Morgan fingerprint density at radius 1 is 1.00 bits per heavy atom. The number of pyridine rings is 1. The average molecular weight is 353 g/mol. The third-order valence-corrected chi connectivity index (χ3v) is 17.4. The quantitative estimate of drug-likeness (QED) is 0.541. The number of rotatable bonds is 1. The molecule has 0 saturated carbocycles. The normalized spacial score (nSPS) is 19.4. The molecule has 0 unspecified atom stereocenters. The van der Waals surface area contributed by atoms with Crippen molar-refractivity contribution in [1.29, 1.82) is 0 Å². The zero-order valence-electron chi connectivity index (χ0n) is 13.9. The molecular formula is C20H26GeN+. The van der Waals surface area contributed by atoms with Gasteiger partial charge in [0.2, 0.25) is 0 Å². The molecule has 1 spiro atoms. The fourth-order valence-corrected chi connectivity index (χ4v) is 16.5. The Morgan fingerprint density at radius 3 is 2.59 bits per heavy atom. The van der Waals surface area contributed by atoms with Crippen molar-refractivity contribution in [1.82, 2.24) is 0 Å². The summed E-state index contributed by atoms with van der Waals surface area (Å²) in [6.45, 7) is 2.32. The molecule has 1 nitrogen and oxygen atoms in total. The number of benzene rings is 1. The van der Waals surface area contributed by atoms with Gasteiger partial charge in [-0.3, -0.25) is 0 Å². The summed E-state index contributed by atoms with van der Waals surface area (Å²) in [4.78, 5) is 0. The Hall–Kier alpha value is -1.09. The van der Waals surface area contributed by atoms with E-state index in [0.29, 0.717) is 0 Å². The Kier molecular flexibility index (Phi) is 3.64. The molecule has 114 valence electrons. The number of hydrogen-bond donors (Lipinski definition) is 0. The number of fused-ring (bicyclic) bond motifs is 2. The summed E-state index contributed by atoms with van der Waals surface area (Å²) in [5.41, 5.74) is 5.97. The SMILES string of the molecule is Cc1c[c]2c(cc1-c1cccc[n+]1C)C[CH2][Ge]21[CH2]CCC[CH2]1. The number of aryl methyl sites for hydroxylation is 3. The third-order valence-electron chi connectivity index (χ3n) is 6.04. The van der Waals surface area contributed by atoms with Crippen molar-refractivity contribution in [3.63, 3.8) is 0 Å². The Labute approximate surface area is 136 Å². The summed E-state index contributed by atoms with van der Waals surface area (Å²) in [6, 6.07) is 11.7. The van der Waals surface area contributed by atoms with E-state index < -0.39 is 13.3 Å². The van der Waals surface area contributed by atoms with Gasteiger partial charge in [0.25, 0.3) is 0 Å². The van der Waals surface area contributed by atoms with Gasteiger partial charge < -0.3 is 0 Å². The Morgan fingerprint density at radius 2 is 1.82 bits per heavy atom. The molecule has 2 aliphatic heterocycles. The van der Waals surface area contributed by atoms with Gasteiger partial charge in [-0.25, -0.2) is 0 Å². The molecule has 0 amide bonds. The van der Waals surface area contributed by atoms with Crippen LogP contribution in [0, 0.1) is 6.92 Å². The molecule has 1 saturated heterocycles. The molecule has 4 rings (SSSR count). The molecular weight excluding hydrogens is 327 g/mol. The van der Waals surface area contributed by atoms with Crippen LogP contribution in [0.4, 0.5) is 0 Å². The van der Waals surface area contributed by atoms with Crippen LogP contribution >= 0.6 is 0 Å². The zero-order chi connectivity index (χ0) is 15.2.